The molecule has 0 amide bonds. The molecule has 2 heteroatoms. The van der Waals surface area contributed by atoms with E-state index < -0.39 is 0 Å². The lowest BCUT2D eigenvalue weighted by Gasteiger charge is -2.39. The van der Waals surface area contributed by atoms with E-state index in [2.05, 4.69) is 57.4 Å². The van der Waals surface area contributed by atoms with Gasteiger partial charge in [0.2, 0.25) is 0 Å². The Morgan fingerprint density at radius 1 is 1.05 bits per heavy atom. The van der Waals surface area contributed by atoms with Crippen molar-refractivity contribution < 1.29 is 0 Å². The Balaban J connectivity index is 2.02. The predicted molar refractivity (Wildman–Crippen MR) is 86.1 cm³/mol. The Hall–Kier alpha value is -0.860. The Kier molecular flexibility index (Phi) is 4.87. The molecule has 0 heterocycles. The van der Waals surface area contributed by atoms with E-state index >= 15 is 0 Å². The largest absolute Gasteiger partial charge is 0.271 e. The van der Waals surface area contributed by atoms with Crippen LogP contribution >= 0.6 is 0 Å². The number of benzene rings is 1. The molecule has 1 fully saturated rings. The maximum Gasteiger partial charge on any atom is 0.0488 e. The van der Waals surface area contributed by atoms with Crippen molar-refractivity contribution in [3.8, 4) is 0 Å². The van der Waals surface area contributed by atoms with Crippen LogP contribution in [0.4, 0.5) is 0 Å². The first-order valence-corrected chi connectivity index (χ1v) is 7.94. The lowest BCUT2D eigenvalue weighted by Crippen LogP contribution is -2.36. The van der Waals surface area contributed by atoms with Gasteiger partial charge < -0.3 is 0 Å². The van der Waals surface area contributed by atoms with E-state index in [4.69, 9.17) is 5.84 Å². The van der Waals surface area contributed by atoms with E-state index in [0.29, 0.717) is 17.4 Å². The third-order valence-electron chi connectivity index (χ3n) is 5.08. The summed E-state index contributed by atoms with van der Waals surface area (Å²) in [7, 11) is 0. The smallest absolute Gasteiger partial charge is 0.0488 e. The summed E-state index contributed by atoms with van der Waals surface area (Å²) in [5, 5.41) is 0. The molecule has 0 saturated heterocycles. The summed E-state index contributed by atoms with van der Waals surface area (Å²) < 4.78 is 0. The van der Waals surface area contributed by atoms with Crippen LogP contribution in [0.1, 0.15) is 63.6 Å². The minimum atomic E-state index is 0.302. The number of rotatable bonds is 3. The quantitative estimate of drug-likeness (QED) is 0.635. The second-order valence-electron chi connectivity index (χ2n) is 7.53. The van der Waals surface area contributed by atoms with Gasteiger partial charge in [-0.1, -0.05) is 50.6 Å². The summed E-state index contributed by atoms with van der Waals surface area (Å²) in [6.45, 7) is 9.24. The van der Waals surface area contributed by atoms with Gasteiger partial charge in [-0.3, -0.25) is 11.3 Å². The lowest BCUT2D eigenvalue weighted by atomic mass is 9.68. The fraction of sp³-hybridized carbons (Fsp3) is 0.667. The Morgan fingerprint density at radius 2 is 1.60 bits per heavy atom. The van der Waals surface area contributed by atoms with E-state index in [0.717, 1.165) is 5.92 Å². The monoisotopic (exact) mass is 274 g/mol. The summed E-state index contributed by atoms with van der Waals surface area (Å²) in [5.74, 6) is 7.37. The van der Waals surface area contributed by atoms with Crippen molar-refractivity contribution in [2.45, 2.75) is 59.4 Å². The molecule has 20 heavy (non-hydrogen) atoms. The molecule has 0 radical (unpaired) electrons. The van der Waals surface area contributed by atoms with Gasteiger partial charge in [-0.15, -0.1) is 0 Å². The molecular weight excluding hydrogens is 244 g/mol. The highest BCUT2D eigenvalue weighted by molar-refractivity contribution is 5.24. The minimum Gasteiger partial charge on any atom is -0.271 e. The standard InChI is InChI=1S/C18H30N2/c1-13-5-7-14(8-6-13)17(20-19)15-9-11-16(12-10-15)18(2,3)4/h5-8,15-17,20H,9-12,19H2,1-4H3. The van der Waals surface area contributed by atoms with Crippen LogP contribution in [0.15, 0.2) is 24.3 Å². The molecule has 2 nitrogen and oxygen atoms in total. The SMILES string of the molecule is Cc1ccc(C(NN)C2CCC(C(C)(C)C)CC2)cc1. The van der Waals surface area contributed by atoms with Gasteiger partial charge in [0.15, 0.2) is 0 Å². The molecule has 1 unspecified atom stereocenters. The third kappa shape index (κ3) is 3.62. The van der Waals surface area contributed by atoms with Gasteiger partial charge in [-0.25, -0.2) is 0 Å². The van der Waals surface area contributed by atoms with E-state index in [9.17, 15) is 0 Å². The highest BCUT2D eigenvalue weighted by Crippen LogP contribution is 2.43. The molecule has 1 aromatic carbocycles. The van der Waals surface area contributed by atoms with Crippen molar-refractivity contribution in [2.24, 2.45) is 23.1 Å². The van der Waals surface area contributed by atoms with Crippen LogP contribution < -0.4 is 11.3 Å². The van der Waals surface area contributed by atoms with Gasteiger partial charge >= 0.3 is 0 Å². The molecule has 0 bridgehead atoms. The second-order valence-corrected chi connectivity index (χ2v) is 7.53. The molecule has 1 saturated carbocycles. The Labute approximate surface area is 124 Å². The van der Waals surface area contributed by atoms with Crippen LogP contribution in [-0.2, 0) is 0 Å². The number of hydrogen-bond donors (Lipinski definition) is 2. The molecule has 0 spiro atoms. The molecule has 3 N–H and O–H groups in total. The number of nitrogens with one attached hydrogen (secondary N) is 1. The highest BCUT2D eigenvalue weighted by atomic mass is 15.2. The highest BCUT2D eigenvalue weighted by Gasteiger charge is 2.32. The van der Waals surface area contributed by atoms with Crippen molar-refractivity contribution in [3.63, 3.8) is 0 Å². The zero-order valence-corrected chi connectivity index (χ0v) is 13.4. The average molecular weight is 274 g/mol. The van der Waals surface area contributed by atoms with Crippen molar-refractivity contribution >= 4 is 0 Å². The topological polar surface area (TPSA) is 38.0 Å². The Bertz CT molecular complexity index is 408. The molecule has 2 rings (SSSR count). The van der Waals surface area contributed by atoms with Crippen LogP contribution in [0, 0.1) is 24.2 Å². The van der Waals surface area contributed by atoms with E-state index in [-0.39, 0.29) is 0 Å². The van der Waals surface area contributed by atoms with Gasteiger partial charge in [0.25, 0.3) is 0 Å². The third-order valence-corrected chi connectivity index (χ3v) is 5.08. The number of hydrazine groups is 1. The molecule has 0 aliphatic heterocycles. The lowest BCUT2D eigenvalue weighted by molar-refractivity contribution is 0.132. The fourth-order valence-electron chi connectivity index (χ4n) is 3.60. The number of hydrogen-bond acceptors (Lipinski definition) is 2. The zero-order chi connectivity index (χ0) is 14.8. The van der Waals surface area contributed by atoms with Gasteiger partial charge in [0.1, 0.15) is 0 Å². The summed E-state index contributed by atoms with van der Waals surface area (Å²) in [6.07, 6.45) is 5.23. The van der Waals surface area contributed by atoms with Crippen LogP contribution in [0.3, 0.4) is 0 Å². The summed E-state index contributed by atoms with van der Waals surface area (Å²) in [6, 6.07) is 9.10. The normalized spacial score (nSPS) is 25.4. The first-order chi connectivity index (χ1) is 9.41. The van der Waals surface area contributed by atoms with Crippen molar-refractivity contribution in [3.05, 3.63) is 35.4 Å². The van der Waals surface area contributed by atoms with Crippen LogP contribution in [0.25, 0.3) is 0 Å². The number of nitrogens with two attached hydrogens (primary N) is 1. The zero-order valence-electron chi connectivity index (χ0n) is 13.4. The fourth-order valence-corrected chi connectivity index (χ4v) is 3.60. The van der Waals surface area contributed by atoms with Gasteiger partial charge in [-0.05, 0) is 55.4 Å². The van der Waals surface area contributed by atoms with Gasteiger partial charge in [0, 0.05) is 6.04 Å². The summed E-state index contributed by atoms with van der Waals surface area (Å²) >= 11 is 0. The Morgan fingerprint density at radius 3 is 2.05 bits per heavy atom. The summed E-state index contributed by atoms with van der Waals surface area (Å²) in [5.41, 5.74) is 6.14. The van der Waals surface area contributed by atoms with E-state index in [1.165, 1.54) is 36.8 Å². The van der Waals surface area contributed by atoms with E-state index in [1.54, 1.807) is 0 Å². The van der Waals surface area contributed by atoms with Gasteiger partial charge in [-0.2, -0.15) is 0 Å². The molecule has 1 aliphatic rings. The molecule has 112 valence electrons. The minimum absolute atomic E-state index is 0.302. The maximum absolute atomic E-state index is 5.84. The average Bonchev–Trinajstić information content (AvgIpc) is 2.41. The molecule has 1 aromatic rings. The molecule has 1 aliphatic carbocycles. The predicted octanol–water partition coefficient (Wildman–Crippen LogP) is 4.35. The van der Waals surface area contributed by atoms with Crippen LogP contribution in [0.5, 0.6) is 0 Å². The van der Waals surface area contributed by atoms with Crippen molar-refractivity contribution in [1.29, 1.82) is 0 Å². The second kappa shape index (κ2) is 6.28. The number of aryl methyl sites for hydroxylation is 1. The first kappa shape index (κ1) is 15.5. The van der Waals surface area contributed by atoms with Crippen LogP contribution in [0.2, 0.25) is 0 Å². The van der Waals surface area contributed by atoms with E-state index in [1.807, 2.05) is 0 Å². The van der Waals surface area contributed by atoms with Gasteiger partial charge in [0.05, 0.1) is 0 Å². The summed E-state index contributed by atoms with van der Waals surface area (Å²) in [4.78, 5) is 0. The maximum atomic E-state index is 5.84. The molecule has 1 atom stereocenters. The van der Waals surface area contributed by atoms with Crippen molar-refractivity contribution in [1.82, 2.24) is 5.43 Å². The molecular formula is C18H30N2. The molecule has 0 aromatic heterocycles. The first-order valence-electron chi connectivity index (χ1n) is 7.94. The van der Waals surface area contributed by atoms with Crippen molar-refractivity contribution in [2.75, 3.05) is 0 Å². The van der Waals surface area contributed by atoms with Crippen LogP contribution in [-0.4, -0.2) is 0 Å².